The Labute approximate surface area is 118 Å². The number of aliphatic hydroxyl groups is 1. The molecule has 0 bridgehead atoms. The van der Waals surface area contributed by atoms with Crippen LogP contribution in [0.4, 0.5) is 0 Å². The lowest BCUT2D eigenvalue weighted by atomic mass is 10.1. The molecule has 1 aromatic carbocycles. The van der Waals surface area contributed by atoms with Gasteiger partial charge in [-0.25, -0.2) is 13.4 Å². The minimum absolute atomic E-state index is 0.00254. The average Bonchev–Trinajstić information content (AvgIpc) is 2.82. The van der Waals surface area contributed by atoms with Crippen molar-refractivity contribution in [2.24, 2.45) is 7.05 Å². The van der Waals surface area contributed by atoms with Crippen LogP contribution in [0.25, 0.3) is 0 Å². The first kappa shape index (κ1) is 14.7. The highest BCUT2D eigenvalue weighted by atomic mass is 32.2. The Bertz CT molecular complexity index is 678. The number of nitrogens with zero attached hydrogens (tertiary/aromatic N) is 2. The number of hydrogen-bond acceptors (Lipinski definition) is 4. The van der Waals surface area contributed by atoms with Gasteiger partial charge in [0, 0.05) is 7.05 Å². The van der Waals surface area contributed by atoms with Crippen LogP contribution in [-0.4, -0.2) is 23.1 Å². The largest absolute Gasteiger partial charge is 0.390 e. The summed E-state index contributed by atoms with van der Waals surface area (Å²) in [6.07, 6.45) is 1.86. The smallest absolute Gasteiger partial charge is 0.228 e. The van der Waals surface area contributed by atoms with E-state index in [4.69, 9.17) is 5.11 Å². The second-order valence-electron chi connectivity index (χ2n) is 4.60. The molecule has 0 aliphatic rings. The van der Waals surface area contributed by atoms with Crippen molar-refractivity contribution in [2.75, 3.05) is 0 Å². The molecular formula is C14H18N2O3S. The summed E-state index contributed by atoms with van der Waals surface area (Å²) < 4.78 is 26.9. The molecule has 0 spiro atoms. The van der Waals surface area contributed by atoms with Crippen molar-refractivity contribution in [1.29, 1.82) is 0 Å². The number of sulfone groups is 1. The molecular weight excluding hydrogens is 276 g/mol. The van der Waals surface area contributed by atoms with Crippen molar-refractivity contribution >= 4 is 9.84 Å². The highest BCUT2D eigenvalue weighted by Crippen LogP contribution is 2.30. The lowest BCUT2D eigenvalue weighted by Gasteiger charge is -2.16. The summed E-state index contributed by atoms with van der Waals surface area (Å²) in [6.45, 7) is 1.60. The van der Waals surface area contributed by atoms with Crippen LogP contribution in [0.3, 0.4) is 0 Å². The van der Waals surface area contributed by atoms with Gasteiger partial charge in [0.25, 0.3) is 0 Å². The van der Waals surface area contributed by atoms with Crippen LogP contribution >= 0.6 is 0 Å². The van der Waals surface area contributed by atoms with Gasteiger partial charge in [0.1, 0.15) is 0 Å². The molecule has 1 N–H and O–H groups in total. The molecule has 1 heterocycles. The standard InChI is InChI=1S/C14H18N2O3S/c1-3-13(11-7-5-4-6-8-11)20(18,19)14-15-9-12(10-17)16(14)2/h4-9,13,17H,3,10H2,1-2H3. The molecule has 1 aromatic heterocycles. The third kappa shape index (κ3) is 2.48. The van der Waals surface area contributed by atoms with Crippen LogP contribution in [-0.2, 0) is 23.5 Å². The molecule has 0 saturated carbocycles. The van der Waals surface area contributed by atoms with Crippen LogP contribution in [0.15, 0.2) is 41.7 Å². The minimum Gasteiger partial charge on any atom is -0.390 e. The average molecular weight is 294 g/mol. The fourth-order valence-corrected chi connectivity index (χ4v) is 4.17. The van der Waals surface area contributed by atoms with Gasteiger partial charge >= 0.3 is 0 Å². The zero-order valence-corrected chi connectivity index (χ0v) is 12.3. The van der Waals surface area contributed by atoms with Crippen molar-refractivity contribution in [1.82, 2.24) is 9.55 Å². The Morgan fingerprint density at radius 1 is 1.30 bits per heavy atom. The van der Waals surface area contributed by atoms with Gasteiger partial charge in [0.15, 0.2) is 0 Å². The Kier molecular flexibility index (Phi) is 4.25. The number of benzene rings is 1. The Morgan fingerprint density at radius 2 is 1.95 bits per heavy atom. The number of aromatic nitrogens is 2. The molecule has 5 nitrogen and oxygen atoms in total. The molecule has 20 heavy (non-hydrogen) atoms. The van der Waals surface area contributed by atoms with E-state index in [0.717, 1.165) is 5.56 Å². The van der Waals surface area contributed by atoms with Crippen LogP contribution in [0.1, 0.15) is 29.9 Å². The second kappa shape index (κ2) is 5.76. The van der Waals surface area contributed by atoms with Gasteiger partial charge in [0.2, 0.25) is 15.0 Å². The van der Waals surface area contributed by atoms with E-state index < -0.39 is 15.1 Å². The maximum absolute atomic E-state index is 12.7. The van der Waals surface area contributed by atoms with Gasteiger partial charge in [-0.2, -0.15) is 0 Å². The topological polar surface area (TPSA) is 72.2 Å². The van der Waals surface area contributed by atoms with E-state index in [-0.39, 0.29) is 11.8 Å². The van der Waals surface area contributed by atoms with Crippen LogP contribution in [0, 0.1) is 0 Å². The third-order valence-electron chi connectivity index (χ3n) is 3.37. The molecule has 0 amide bonds. The Balaban J connectivity index is 2.50. The normalized spacial score (nSPS) is 13.3. The summed E-state index contributed by atoms with van der Waals surface area (Å²) in [5.74, 6) is 0. The van der Waals surface area contributed by atoms with E-state index in [1.54, 1.807) is 7.05 Å². The maximum Gasteiger partial charge on any atom is 0.228 e. The zero-order chi connectivity index (χ0) is 14.8. The van der Waals surface area contributed by atoms with E-state index in [0.29, 0.717) is 12.1 Å². The quantitative estimate of drug-likeness (QED) is 0.913. The predicted molar refractivity (Wildman–Crippen MR) is 75.8 cm³/mol. The van der Waals surface area contributed by atoms with Crippen molar-refractivity contribution in [3.63, 3.8) is 0 Å². The molecule has 108 valence electrons. The maximum atomic E-state index is 12.7. The van der Waals surface area contributed by atoms with Crippen LogP contribution in [0.2, 0.25) is 0 Å². The molecule has 2 aromatic rings. The van der Waals surface area contributed by atoms with Gasteiger partial charge < -0.3 is 9.67 Å². The Morgan fingerprint density at radius 3 is 2.45 bits per heavy atom. The summed E-state index contributed by atoms with van der Waals surface area (Å²) in [6, 6.07) is 9.12. The van der Waals surface area contributed by atoms with E-state index >= 15 is 0 Å². The van der Waals surface area contributed by atoms with E-state index in [2.05, 4.69) is 4.98 Å². The molecule has 0 aliphatic carbocycles. The van der Waals surface area contributed by atoms with Crippen molar-refractivity contribution in [3.05, 3.63) is 47.8 Å². The fraction of sp³-hybridized carbons (Fsp3) is 0.357. The predicted octanol–water partition coefficient (Wildman–Crippen LogP) is 1.84. The minimum atomic E-state index is -3.58. The molecule has 1 atom stereocenters. The highest BCUT2D eigenvalue weighted by molar-refractivity contribution is 7.91. The summed E-state index contributed by atoms with van der Waals surface area (Å²) >= 11 is 0. The monoisotopic (exact) mass is 294 g/mol. The second-order valence-corrected chi connectivity index (χ2v) is 6.63. The lowest BCUT2D eigenvalue weighted by Crippen LogP contribution is -2.17. The summed E-state index contributed by atoms with van der Waals surface area (Å²) in [4.78, 5) is 3.97. The number of hydrogen-bond donors (Lipinski definition) is 1. The molecule has 1 unspecified atom stereocenters. The lowest BCUT2D eigenvalue weighted by molar-refractivity contribution is 0.271. The van der Waals surface area contributed by atoms with Gasteiger partial charge in [-0.05, 0) is 12.0 Å². The number of rotatable bonds is 5. The molecule has 0 radical (unpaired) electrons. The number of imidazole rings is 1. The van der Waals surface area contributed by atoms with Gasteiger partial charge in [-0.15, -0.1) is 0 Å². The fourth-order valence-electron chi connectivity index (χ4n) is 2.27. The molecule has 0 saturated heterocycles. The van der Waals surface area contributed by atoms with E-state index in [9.17, 15) is 8.42 Å². The molecule has 0 aliphatic heterocycles. The first-order valence-electron chi connectivity index (χ1n) is 6.42. The van der Waals surface area contributed by atoms with Crippen molar-refractivity contribution in [2.45, 2.75) is 30.4 Å². The van der Waals surface area contributed by atoms with Gasteiger partial charge in [-0.1, -0.05) is 37.3 Å². The first-order chi connectivity index (χ1) is 9.52. The first-order valence-corrected chi connectivity index (χ1v) is 7.97. The number of aliphatic hydroxyl groups excluding tert-OH is 1. The van der Waals surface area contributed by atoms with Crippen molar-refractivity contribution < 1.29 is 13.5 Å². The summed E-state index contributed by atoms with van der Waals surface area (Å²) in [5.41, 5.74) is 1.23. The van der Waals surface area contributed by atoms with E-state index in [1.165, 1.54) is 10.8 Å². The summed E-state index contributed by atoms with van der Waals surface area (Å²) in [5, 5.41) is 8.52. The highest BCUT2D eigenvalue weighted by Gasteiger charge is 2.31. The van der Waals surface area contributed by atoms with Crippen molar-refractivity contribution in [3.8, 4) is 0 Å². The Hall–Kier alpha value is -1.66. The molecule has 6 heteroatoms. The molecule has 2 rings (SSSR count). The van der Waals surface area contributed by atoms with Gasteiger partial charge in [0.05, 0.1) is 23.7 Å². The van der Waals surface area contributed by atoms with Crippen LogP contribution in [0.5, 0.6) is 0 Å². The summed E-state index contributed by atoms with van der Waals surface area (Å²) in [7, 11) is -1.98. The zero-order valence-electron chi connectivity index (χ0n) is 11.5. The van der Waals surface area contributed by atoms with Gasteiger partial charge in [-0.3, -0.25) is 0 Å². The third-order valence-corrected chi connectivity index (χ3v) is 5.62. The SMILES string of the molecule is CCC(c1ccccc1)S(=O)(=O)c1ncc(CO)n1C. The molecule has 0 fully saturated rings. The van der Waals surface area contributed by atoms with E-state index in [1.807, 2.05) is 37.3 Å². The van der Waals surface area contributed by atoms with Crippen LogP contribution < -0.4 is 0 Å².